The lowest BCUT2D eigenvalue weighted by Crippen LogP contribution is -2.22. The number of H-pyrrole nitrogens is 1. The second-order valence-electron chi connectivity index (χ2n) is 3.89. The number of nitrogens with zero attached hydrogens (tertiary/aromatic N) is 3. The number of hydrogen-bond donors (Lipinski definition) is 3. The first kappa shape index (κ1) is 10.8. The molecule has 16 heavy (non-hydrogen) atoms. The summed E-state index contributed by atoms with van der Waals surface area (Å²) in [5, 5.41) is 0. The molecule has 0 fully saturated rings. The molecule has 0 aromatic carbocycles. The molecular weight excluding hydrogens is 204 g/mol. The van der Waals surface area contributed by atoms with E-state index in [1.54, 1.807) is 0 Å². The molecule has 2 aromatic rings. The molecule has 5 N–H and O–H groups in total. The quantitative estimate of drug-likeness (QED) is 0.699. The highest BCUT2D eigenvalue weighted by Crippen LogP contribution is 2.14. The van der Waals surface area contributed by atoms with Crippen LogP contribution in [0.4, 0.5) is 5.82 Å². The van der Waals surface area contributed by atoms with Gasteiger partial charge in [0.2, 0.25) is 0 Å². The van der Waals surface area contributed by atoms with Crippen LogP contribution in [0.5, 0.6) is 0 Å². The maximum absolute atomic E-state index is 5.95. The fourth-order valence-electron chi connectivity index (χ4n) is 1.71. The second-order valence-corrected chi connectivity index (χ2v) is 3.89. The summed E-state index contributed by atoms with van der Waals surface area (Å²) in [5.41, 5.74) is 13.0. The summed E-state index contributed by atoms with van der Waals surface area (Å²) in [6, 6.07) is 0.125. The van der Waals surface area contributed by atoms with E-state index in [9.17, 15) is 0 Å². The molecule has 0 aliphatic carbocycles. The molecule has 0 spiro atoms. The first-order valence-electron chi connectivity index (χ1n) is 5.41. The number of nitrogens with two attached hydrogens (primary N) is 2. The Balaban J connectivity index is 2.23. The maximum Gasteiger partial charge on any atom is 0.183 e. The van der Waals surface area contributed by atoms with Gasteiger partial charge in [0, 0.05) is 12.5 Å². The van der Waals surface area contributed by atoms with Crippen LogP contribution in [0.15, 0.2) is 6.33 Å². The largest absolute Gasteiger partial charge is 0.382 e. The summed E-state index contributed by atoms with van der Waals surface area (Å²) in [6.07, 6.45) is 4.18. The number of nitrogen functional groups attached to an aromatic ring is 1. The van der Waals surface area contributed by atoms with Gasteiger partial charge >= 0.3 is 0 Å². The van der Waals surface area contributed by atoms with E-state index in [1.165, 1.54) is 6.33 Å². The van der Waals surface area contributed by atoms with Crippen molar-refractivity contribution >= 4 is 17.0 Å². The van der Waals surface area contributed by atoms with Gasteiger partial charge in [0.25, 0.3) is 0 Å². The van der Waals surface area contributed by atoms with E-state index in [0.29, 0.717) is 23.4 Å². The predicted molar refractivity (Wildman–Crippen MR) is 62.7 cm³/mol. The second kappa shape index (κ2) is 4.44. The van der Waals surface area contributed by atoms with Crippen molar-refractivity contribution in [3.63, 3.8) is 0 Å². The molecule has 2 heterocycles. The van der Waals surface area contributed by atoms with Crippen LogP contribution in [-0.4, -0.2) is 26.0 Å². The Hall–Kier alpha value is -1.69. The number of hydrogen-bond acceptors (Lipinski definition) is 5. The summed E-state index contributed by atoms with van der Waals surface area (Å²) in [6.45, 7) is 2.11. The minimum absolute atomic E-state index is 0.125. The molecule has 0 amide bonds. The van der Waals surface area contributed by atoms with Gasteiger partial charge in [-0.1, -0.05) is 13.3 Å². The molecule has 0 aliphatic rings. The molecule has 1 atom stereocenters. The van der Waals surface area contributed by atoms with Crippen molar-refractivity contribution in [2.24, 2.45) is 5.73 Å². The molecule has 2 aromatic heterocycles. The lowest BCUT2D eigenvalue weighted by Gasteiger charge is -2.06. The molecule has 0 saturated heterocycles. The van der Waals surface area contributed by atoms with E-state index in [0.717, 1.165) is 18.7 Å². The molecule has 0 radical (unpaired) electrons. The van der Waals surface area contributed by atoms with E-state index in [-0.39, 0.29) is 6.04 Å². The standard InChI is InChI=1S/C10H16N6/c1-2-3-6(11)4-7-15-8-9(12)13-5-14-10(8)16-7/h5-6H,2-4,11H2,1H3,(H3,12,13,14,15,16). The van der Waals surface area contributed by atoms with Crippen LogP contribution in [0.1, 0.15) is 25.6 Å². The molecule has 0 aliphatic heterocycles. The van der Waals surface area contributed by atoms with Gasteiger partial charge in [0.05, 0.1) is 0 Å². The van der Waals surface area contributed by atoms with E-state index >= 15 is 0 Å². The molecule has 6 nitrogen and oxygen atoms in total. The molecule has 1 unspecified atom stereocenters. The minimum Gasteiger partial charge on any atom is -0.382 e. The first-order chi connectivity index (χ1) is 7.70. The van der Waals surface area contributed by atoms with Crippen molar-refractivity contribution in [1.29, 1.82) is 0 Å². The number of imidazole rings is 1. The molecule has 2 rings (SSSR count). The lowest BCUT2D eigenvalue weighted by molar-refractivity contribution is 0.588. The van der Waals surface area contributed by atoms with Gasteiger partial charge < -0.3 is 16.5 Å². The third-order valence-corrected chi connectivity index (χ3v) is 2.48. The molecule has 86 valence electrons. The van der Waals surface area contributed by atoms with Crippen LogP contribution in [0, 0.1) is 0 Å². The topological polar surface area (TPSA) is 106 Å². The Bertz CT molecular complexity index is 477. The summed E-state index contributed by atoms with van der Waals surface area (Å²) in [4.78, 5) is 15.4. The van der Waals surface area contributed by atoms with Crippen molar-refractivity contribution in [2.75, 3.05) is 5.73 Å². The van der Waals surface area contributed by atoms with Gasteiger partial charge in [-0.15, -0.1) is 0 Å². The van der Waals surface area contributed by atoms with E-state index in [2.05, 4.69) is 26.9 Å². The third-order valence-electron chi connectivity index (χ3n) is 2.48. The van der Waals surface area contributed by atoms with Crippen LogP contribution in [0.25, 0.3) is 11.2 Å². The van der Waals surface area contributed by atoms with E-state index < -0.39 is 0 Å². The summed E-state index contributed by atoms with van der Waals surface area (Å²) in [5.74, 6) is 1.25. The first-order valence-corrected chi connectivity index (χ1v) is 5.41. The Morgan fingerprint density at radius 1 is 1.44 bits per heavy atom. The summed E-state index contributed by atoms with van der Waals surface area (Å²) < 4.78 is 0. The number of aromatic amines is 1. The van der Waals surface area contributed by atoms with Crippen molar-refractivity contribution in [2.45, 2.75) is 32.2 Å². The SMILES string of the molecule is CCCC(N)Cc1nc2ncnc(N)c2[nH]1. The van der Waals surface area contributed by atoms with Crippen molar-refractivity contribution < 1.29 is 0 Å². The van der Waals surface area contributed by atoms with Gasteiger partial charge in [0.1, 0.15) is 17.7 Å². The zero-order valence-electron chi connectivity index (χ0n) is 9.27. The predicted octanol–water partition coefficient (Wildman–Crippen LogP) is 0.605. The van der Waals surface area contributed by atoms with Gasteiger partial charge in [-0.2, -0.15) is 0 Å². The maximum atomic E-state index is 5.95. The zero-order valence-corrected chi connectivity index (χ0v) is 9.27. The Morgan fingerprint density at radius 2 is 2.25 bits per heavy atom. The Labute approximate surface area is 93.5 Å². The summed E-state index contributed by atoms with van der Waals surface area (Å²) >= 11 is 0. The fraction of sp³-hybridized carbons (Fsp3) is 0.500. The highest BCUT2D eigenvalue weighted by molar-refractivity contribution is 5.80. The lowest BCUT2D eigenvalue weighted by atomic mass is 10.1. The van der Waals surface area contributed by atoms with Gasteiger partial charge in [-0.25, -0.2) is 15.0 Å². The van der Waals surface area contributed by atoms with Crippen LogP contribution in [0.2, 0.25) is 0 Å². The summed E-state index contributed by atoms with van der Waals surface area (Å²) in [7, 11) is 0. The van der Waals surface area contributed by atoms with Crippen LogP contribution < -0.4 is 11.5 Å². The number of anilines is 1. The number of rotatable bonds is 4. The van der Waals surface area contributed by atoms with E-state index in [1.807, 2.05) is 0 Å². The van der Waals surface area contributed by atoms with E-state index in [4.69, 9.17) is 11.5 Å². The monoisotopic (exact) mass is 220 g/mol. The molecule has 0 saturated carbocycles. The Kier molecular flexibility index (Phi) is 3.00. The van der Waals surface area contributed by atoms with Crippen molar-refractivity contribution in [1.82, 2.24) is 19.9 Å². The number of fused-ring (bicyclic) bond motifs is 1. The van der Waals surface area contributed by atoms with Crippen LogP contribution >= 0.6 is 0 Å². The molecule has 0 bridgehead atoms. The zero-order chi connectivity index (χ0) is 11.5. The average Bonchev–Trinajstić information content (AvgIpc) is 2.62. The Morgan fingerprint density at radius 3 is 2.94 bits per heavy atom. The average molecular weight is 220 g/mol. The van der Waals surface area contributed by atoms with Crippen LogP contribution in [-0.2, 0) is 6.42 Å². The van der Waals surface area contributed by atoms with Gasteiger partial charge in [-0.3, -0.25) is 0 Å². The van der Waals surface area contributed by atoms with Gasteiger partial charge in [-0.05, 0) is 6.42 Å². The number of aromatic nitrogens is 4. The highest BCUT2D eigenvalue weighted by Gasteiger charge is 2.10. The van der Waals surface area contributed by atoms with Crippen molar-refractivity contribution in [3.8, 4) is 0 Å². The normalized spacial score (nSPS) is 13.1. The molecular formula is C10H16N6. The molecule has 6 heteroatoms. The smallest absolute Gasteiger partial charge is 0.183 e. The number of nitrogens with one attached hydrogen (secondary N) is 1. The third kappa shape index (κ3) is 2.11. The fourth-order valence-corrected chi connectivity index (χ4v) is 1.71. The highest BCUT2D eigenvalue weighted by atomic mass is 15.0. The van der Waals surface area contributed by atoms with Crippen molar-refractivity contribution in [3.05, 3.63) is 12.2 Å². The van der Waals surface area contributed by atoms with Gasteiger partial charge in [0.15, 0.2) is 11.5 Å². The minimum atomic E-state index is 0.125. The van der Waals surface area contributed by atoms with Crippen LogP contribution in [0.3, 0.4) is 0 Å².